The Balaban J connectivity index is 1.78. The van der Waals surface area contributed by atoms with Crippen molar-refractivity contribution in [2.45, 2.75) is 0 Å². The molecule has 5 nitrogen and oxygen atoms in total. The molecule has 5 heteroatoms. The van der Waals surface area contributed by atoms with Gasteiger partial charge in [0.25, 0.3) is 0 Å². The van der Waals surface area contributed by atoms with E-state index in [1.54, 1.807) is 24.4 Å². The van der Waals surface area contributed by atoms with Gasteiger partial charge in [-0.25, -0.2) is 9.71 Å². The van der Waals surface area contributed by atoms with Gasteiger partial charge in [0.15, 0.2) is 11.4 Å². The second-order valence-electron chi connectivity index (χ2n) is 5.14. The molecule has 0 saturated heterocycles. The van der Waals surface area contributed by atoms with Crippen molar-refractivity contribution < 1.29 is 4.73 Å². The van der Waals surface area contributed by atoms with Crippen molar-refractivity contribution in [2.24, 2.45) is 0 Å². The smallest absolute Gasteiger partial charge is 0.379 e. The highest BCUT2D eigenvalue weighted by Crippen LogP contribution is 2.22. The van der Waals surface area contributed by atoms with E-state index in [1.807, 2.05) is 42.5 Å². The number of nitrogens with zero attached hydrogens (tertiary/aromatic N) is 4. The van der Waals surface area contributed by atoms with Crippen molar-refractivity contribution in [2.75, 3.05) is 0 Å². The summed E-state index contributed by atoms with van der Waals surface area (Å²) in [5.74, 6) is 0.190. The molecule has 0 aliphatic carbocycles. The summed E-state index contributed by atoms with van der Waals surface area (Å²) in [6.07, 6.45) is 3.05. The SMILES string of the molecule is [O-][n+]1cc(-c2ccc3ccccc3c2)nnc1-c1ccccn1. The summed E-state index contributed by atoms with van der Waals surface area (Å²) in [6.45, 7) is 0. The summed E-state index contributed by atoms with van der Waals surface area (Å²) >= 11 is 0. The van der Waals surface area contributed by atoms with Gasteiger partial charge in [-0.15, -0.1) is 0 Å². The van der Waals surface area contributed by atoms with E-state index in [2.05, 4.69) is 15.2 Å². The van der Waals surface area contributed by atoms with E-state index < -0.39 is 0 Å². The standard InChI is InChI=1S/C18H12N4O/c23-22-12-17(20-21-18(22)16-7-3-4-10-19-16)15-9-8-13-5-1-2-6-14(13)11-15/h1-12H. The van der Waals surface area contributed by atoms with Crippen LogP contribution in [0.1, 0.15) is 0 Å². The number of rotatable bonds is 2. The maximum atomic E-state index is 12.3. The second-order valence-corrected chi connectivity index (χ2v) is 5.14. The van der Waals surface area contributed by atoms with Crippen LogP contribution in [0, 0.1) is 5.21 Å². The molecular weight excluding hydrogens is 288 g/mol. The molecule has 0 radical (unpaired) electrons. The summed E-state index contributed by atoms with van der Waals surface area (Å²) in [5, 5.41) is 22.7. The van der Waals surface area contributed by atoms with Crippen LogP contribution in [-0.4, -0.2) is 15.2 Å². The van der Waals surface area contributed by atoms with E-state index in [9.17, 15) is 5.21 Å². The Morgan fingerprint density at radius 1 is 0.783 bits per heavy atom. The van der Waals surface area contributed by atoms with Gasteiger partial charge in [-0.2, -0.15) is 0 Å². The minimum atomic E-state index is 0.190. The molecule has 0 amide bonds. The molecule has 0 N–H and O–H groups in total. The highest BCUT2D eigenvalue weighted by molar-refractivity contribution is 5.86. The van der Waals surface area contributed by atoms with Gasteiger partial charge in [-0.1, -0.05) is 42.5 Å². The number of fused-ring (bicyclic) bond motifs is 1. The van der Waals surface area contributed by atoms with Crippen LogP contribution in [0.3, 0.4) is 0 Å². The summed E-state index contributed by atoms with van der Waals surface area (Å²) in [5.41, 5.74) is 1.89. The second kappa shape index (κ2) is 5.46. The first-order valence-electron chi connectivity index (χ1n) is 7.19. The minimum Gasteiger partial charge on any atom is -0.710 e. The number of hydrogen-bond donors (Lipinski definition) is 0. The highest BCUT2D eigenvalue weighted by Gasteiger charge is 2.15. The van der Waals surface area contributed by atoms with E-state index in [0.29, 0.717) is 16.1 Å². The van der Waals surface area contributed by atoms with Gasteiger partial charge < -0.3 is 5.21 Å². The van der Waals surface area contributed by atoms with Gasteiger partial charge >= 0.3 is 5.82 Å². The van der Waals surface area contributed by atoms with Gasteiger partial charge in [0.05, 0.1) is 5.10 Å². The fourth-order valence-electron chi connectivity index (χ4n) is 2.48. The molecular formula is C18H12N4O. The van der Waals surface area contributed by atoms with Crippen LogP contribution < -0.4 is 4.73 Å². The molecule has 4 aromatic rings. The molecule has 2 aromatic carbocycles. The van der Waals surface area contributed by atoms with E-state index in [1.165, 1.54) is 6.20 Å². The van der Waals surface area contributed by atoms with E-state index in [-0.39, 0.29) is 5.82 Å². The summed E-state index contributed by atoms with van der Waals surface area (Å²) in [4.78, 5) is 4.13. The molecule has 0 aliphatic heterocycles. The van der Waals surface area contributed by atoms with Crippen molar-refractivity contribution in [1.82, 2.24) is 15.2 Å². The largest absolute Gasteiger partial charge is 0.710 e. The number of pyridine rings is 1. The van der Waals surface area contributed by atoms with Gasteiger partial charge in [-0.3, -0.25) is 0 Å². The summed E-state index contributed by atoms with van der Waals surface area (Å²) in [7, 11) is 0. The highest BCUT2D eigenvalue weighted by atomic mass is 16.5. The zero-order valence-corrected chi connectivity index (χ0v) is 12.1. The monoisotopic (exact) mass is 300 g/mol. The van der Waals surface area contributed by atoms with E-state index in [4.69, 9.17) is 0 Å². The zero-order valence-electron chi connectivity index (χ0n) is 12.1. The van der Waals surface area contributed by atoms with Crippen molar-refractivity contribution >= 4 is 10.8 Å². The molecule has 110 valence electrons. The van der Waals surface area contributed by atoms with Crippen molar-refractivity contribution in [3.05, 3.63) is 78.3 Å². The number of benzene rings is 2. The Hall–Kier alpha value is -3.34. The quantitative estimate of drug-likeness (QED) is 0.421. The van der Waals surface area contributed by atoms with Crippen molar-refractivity contribution in [1.29, 1.82) is 0 Å². The first-order valence-corrected chi connectivity index (χ1v) is 7.19. The first kappa shape index (κ1) is 13.3. The van der Waals surface area contributed by atoms with Crippen LogP contribution in [0.2, 0.25) is 0 Å². The zero-order chi connectivity index (χ0) is 15.6. The molecule has 0 fully saturated rings. The number of hydrogen-bond acceptors (Lipinski definition) is 4. The molecule has 23 heavy (non-hydrogen) atoms. The molecule has 4 rings (SSSR count). The third-order valence-electron chi connectivity index (χ3n) is 3.64. The molecule has 0 aliphatic rings. The van der Waals surface area contributed by atoms with Gasteiger partial charge in [0.1, 0.15) is 6.20 Å². The van der Waals surface area contributed by atoms with Crippen LogP contribution in [0.5, 0.6) is 0 Å². The Labute approximate surface area is 132 Å². The molecule has 0 spiro atoms. The summed E-state index contributed by atoms with van der Waals surface area (Å²) < 4.78 is 0.708. The average molecular weight is 300 g/mol. The van der Waals surface area contributed by atoms with E-state index >= 15 is 0 Å². The molecule has 2 heterocycles. The molecule has 0 atom stereocenters. The predicted molar refractivity (Wildman–Crippen MR) is 87.2 cm³/mol. The molecule has 0 saturated carbocycles. The lowest BCUT2D eigenvalue weighted by Crippen LogP contribution is -2.31. The molecule has 2 aromatic heterocycles. The maximum Gasteiger partial charge on any atom is 0.379 e. The Morgan fingerprint density at radius 3 is 2.39 bits per heavy atom. The third-order valence-corrected chi connectivity index (χ3v) is 3.64. The van der Waals surface area contributed by atoms with Crippen LogP contribution in [-0.2, 0) is 0 Å². The minimum absolute atomic E-state index is 0.190. The van der Waals surface area contributed by atoms with E-state index in [0.717, 1.165) is 16.3 Å². The lowest BCUT2D eigenvalue weighted by atomic mass is 10.1. The van der Waals surface area contributed by atoms with Crippen LogP contribution >= 0.6 is 0 Å². The van der Waals surface area contributed by atoms with Gasteiger partial charge in [0, 0.05) is 11.8 Å². The van der Waals surface area contributed by atoms with Crippen LogP contribution in [0.4, 0.5) is 0 Å². The van der Waals surface area contributed by atoms with Crippen LogP contribution in [0.25, 0.3) is 33.5 Å². The van der Waals surface area contributed by atoms with Crippen molar-refractivity contribution in [3.63, 3.8) is 0 Å². The Kier molecular flexibility index (Phi) is 3.16. The van der Waals surface area contributed by atoms with Crippen LogP contribution in [0.15, 0.2) is 73.1 Å². The lowest BCUT2D eigenvalue weighted by molar-refractivity contribution is -0.597. The first-order chi connectivity index (χ1) is 11.3. The third kappa shape index (κ3) is 2.48. The van der Waals surface area contributed by atoms with Gasteiger partial charge in [-0.05, 0) is 34.1 Å². The Bertz CT molecular complexity index is 986. The fourth-order valence-corrected chi connectivity index (χ4v) is 2.48. The normalized spacial score (nSPS) is 10.8. The maximum absolute atomic E-state index is 12.3. The number of aromatic nitrogens is 4. The average Bonchev–Trinajstić information content (AvgIpc) is 2.62. The van der Waals surface area contributed by atoms with Gasteiger partial charge in [0.2, 0.25) is 0 Å². The molecule has 0 bridgehead atoms. The predicted octanol–water partition coefficient (Wildman–Crippen LogP) is 2.99. The Morgan fingerprint density at radius 2 is 1.61 bits per heavy atom. The topological polar surface area (TPSA) is 65.6 Å². The van der Waals surface area contributed by atoms with Crippen molar-refractivity contribution in [3.8, 4) is 22.8 Å². The lowest BCUT2D eigenvalue weighted by Gasteiger charge is -2.06. The summed E-state index contributed by atoms with van der Waals surface area (Å²) in [6, 6.07) is 19.3. The fraction of sp³-hybridized carbons (Fsp3) is 0. The molecule has 0 unspecified atom stereocenters.